The molecule has 0 aliphatic carbocycles. The van der Waals surface area contributed by atoms with Gasteiger partial charge in [-0.1, -0.05) is 0 Å². The van der Waals surface area contributed by atoms with Gasteiger partial charge >= 0.3 is 6.03 Å². The van der Waals surface area contributed by atoms with E-state index in [4.69, 9.17) is 9.47 Å². The lowest BCUT2D eigenvalue weighted by atomic mass is 10.1. The number of aliphatic hydroxyl groups excluding tert-OH is 2. The summed E-state index contributed by atoms with van der Waals surface area (Å²) in [5.74, 6) is -0.0632. The van der Waals surface area contributed by atoms with Crippen molar-refractivity contribution >= 4 is 11.9 Å². The summed E-state index contributed by atoms with van der Waals surface area (Å²) in [4.78, 5) is 27.7. The van der Waals surface area contributed by atoms with E-state index in [-0.39, 0.29) is 24.9 Å². The molecule has 0 radical (unpaired) electrons. The predicted octanol–water partition coefficient (Wildman–Crippen LogP) is -1.47. The number of hydrogen-bond acceptors (Lipinski definition) is 6. The molecule has 25 heavy (non-hydrogen) atoms. The normalized spacial score (nSPS) is 32.9. The third kappa shape index (κ3) is 4.41. The summed E-state index contributed by atoms with van der Waals surface area (Å²) in [6.07, 6.45) is -1.67. The number of nitrogens with one attached hydrogen (secondary N) is 1. The number of aliphatic hydroxyl groups is 2. The Morgan fingerprint density at radius 2 is 1.60 bits per heavy atom. The second kappa shape index (κ2) is 8.31. The Hall–Kier alpha value is -1.42. The van der Waals surface area contributed by atoms with Crippen molar-refractivity contribution in [2.75, 3.05) is 45.9 Å². The van der Waals surface area contributed by atoms with Crippen molar-refractivity contribution in [3.8, 4) is 0 Å². The summed E-state index contributed by atoms with van der Waals surface area (Å²) in [5, 5.41) is 23.0. The SMILES string of the molecule is O=C(C[C@@H]1O[C@H](CNC(=O)N2CCOCC2)[C@@H](O)[C@H]1O)N1CCCC1. The van der Waals surface area contributed by atoms with E-state index in [0.717, 1.165) is 25.9 Å². The fraction of sp³-hybridized carbons (Fsp3) is 0.875. The first-order valence-electron chi connectivity index (χ1n) is 8.96. The van der Waals surface area contributed by atoms with Crippen molar-refractivity contribution in [2.24, 2.45) is 0 Å². The van der Waals surface area contributed by atoms with Gasteiger partial charge in [-0.05, 0) is 12.8 Å². The summed E-state index contributed by atoms with van der Waals surface area (Å²) in [5.41, 5.74) is 0. The number of likely N-dealkylation sites (tertiary alicyclic amines) is 1. The van der Waals surface area contributed by atoms with Gasteiger partial charge in [-0.3, -0.25) is 4.79 Å². The van der Waals surface area contributed by atoms with Gasteiger partial charge in [0, 0.05) is 32.7 Å². The molecule has 0 aromatic carbocycles. The zero-order valence-corrected chi connectivity index (χ0v) is 14.3. The Balaban J connectivity index is 1.46. The molecule has 0 unspecified atom stereocenters. The molecule has 0 spiro atoms. The number of rotatable bonds is 4. The van der Waals surface area contributed by atoms with Crippen molar-refractivity contribution < 1.29 is 29.3 Å². The standard InChI is InChI=1S/C16H27N3O6/c20-13(18-3-1-2-4-18)9-11-14(21)15(22)12(25-11)10-17-16(23)19-5-7-24-8-6-19/h11-12,14-15,21-22H,1-10H2,(H,17,23)/t11-,12+,14-,15+/m0/s1. The van der Waals surface area contributed by atoms with E-state index in [0.29, 0.717) is 26.3 Å². The summed E-state index contributed by atoms with van der Waals surface area (Å²) in [7, 11) is 0. The van der Waals surface area contributed by atoms with E-state index in [1.54, 1.807) is 9.80 Å². The lowest BCUT2D eigenvalue weighted by Crippen LogP contribution is -2.49. The fourth-order valence-electron chi connectivity index (χ4n) is 3.50. The Kier molecular flexibility index (Phi) is 6.10. The molecule has 3 rings (SSSR count). The molecule has 142 valence electrons. The number of nitrogens with zero attached hydrogens (tertiary/aromatic N) is 2. The highest BCUT2D eigenvalue weighted by molar-refractivity contribution is 5.77. The topological polar surface area (TPSA) is 112 Å². The van der Waals surface area contributed by atoms with Crippen molar-refractivity contribution in [1.29, 1.82) is 0 Å². The van der Waals surface area contributed by atoms with Crippen LogP contribution in [0.3, 0.4) is 0 Å². The smallest absolute Gasteiger partial charge is 0.317 e. The van der Waals surface area contributed by atoms with Crippen LogP contribution < -0.4 is 5.32 Å². The van der Waals surface area contributed by atoms with Gasteiger partial charge in [0.05, 0.1) is 25.7 Å². The van der Waals surface area contributed by atoms with Crippen LogP contribution in [0.25, 0.3) is 0 Å². The Morgan fingerprint density at radius 3 is 2.28 bits per heavy atom. The number of amides is 3. The Labute approximate surface area is 146 Å². The number of carbonyl (C=O) groups is 2. The van der Waals surface area contributed by atoms with Gasteiger partial charge in [0.2, 0.25) is 5.91 Å². The van der Waals surface area contributed by atoms with Crippen LogP contribution in [-0.4, -0.2) is 102 Å². The van der Waals surface area contributed by atoms with Gasteiger partial charge in [0.25, 0.3) is 0 Å². The molecule has 9 nitrogen and oxygen atoms in total. The highest BCUT2D eigenvalue weighted by Gasteiger charge is 2.44. The molecule has 0 saturated carbocycles. The lowest BCUT2D eigenvalue weighted by Gasteiger charge is -2.27. The van der Waals surface area contributed by atoms with Crippen molar-refractivity contribution in [1.82, 2.24) is 15.1 Å². The van der Waals surface area contributed by atoms with Crippen molar-refractivity contribution in [3.05, 3.63) is 0 Å². The van der Waals surface area contributed by atoms with Crippen LogP contribution in [0.1, 0.15) is 19.3 Å². The summed E-state index contributed by atoms with van der Waals surface area (Å²) in [6, 6.07) is -0.245. The monoisotopic (exact) mass is 357 g/mol. The number of carbonyl (C=O) groups excluding carboxylic acids is 2. The van der Waals surface area contributed by atoms with Crippen LogP contribution in [0.4, 0.5) is 4.79 Å². The minimum Gasteiger partial charge on any atom is -0.388 e. The number of urea groups is 1. The Morgan fingerprint density at radius 1 is 0.960 bits per heavy atom. The van der Waals surface area contributed by atoms with Gasteiger partial charge in [-0.2, -0.15) is 0 Å². The van der Waals surface area contributed by atoms with E-state index in [9.17, 15) is 19.8 Å². The average Bonchev–Trinajstić information content (AvgIpc) is 3.25. The van der Waals surface area contributed by atoms with E-state index >= 15 is 0 Å². The van der Waals surface area contributed by atoms with E-state index in [2.05, 4.69) is 5.32 Å². The van der Waals surface area contributed by atoms with Gasteiger partial charge in [0.1, 0.15) is 18.3 Å². The molecule has 0 bridgehead atoms. The van der Waals surface area contributed by atoms with Crippen LogP contribution in [0.15, 0.2) is 0 Å². The lowest BCUT2D eigenvalue weighted by molar-refractivity contribution is -0.134. The second-order valence-corrected chi connectivity index (χ2v) is 6.77. The highest BCUT2D eigenvalue weighted by Crippen LogP contribution is 2.24. The van der Waals surface area contributed by atoms with Crippen LogP contribution in [0.2, 0.25) is 0 Å². The molecule has 0 aromatic heterocycles. The number of morpholine rings is 1. The first-order chi connectivity index (χ1) is 12.1. The molecule has 3 amide bonds. The maximum Gasteiger partial charge on any atom is 0.317 e. The van der Waals surface area contributed by atoms with Gasteiger partial charge in [-0.25, -0.2) is 4.79 Å². The minimum atomic E-state index is -1.13. The van der Waals surface area contributed by atoms with Crippen LogP contribution in [0.5, 0.6) is 0 Å². The number of hydrogen-bond donors (Lipinski definition) is 3. The van der Waals surface area contributed by atoms with Gasteiger partial charge < -0.3 is 34.8 Å². The maximum atomic E-state index is 12.2. The molecule has 9 heteroatoms. The molecular weight excluding hydrogens is 330 g/mol. The van der Waals surface area contributed by atoms with Gasteiger partial charge in [-0.15, -0.1) is 0 Å². The predicted molar refractivity (Wildman–Crippen MR) is 86.9 cm³/mol. The molecule has 3 fully saturated rings. The largest absolute Gasteiger partial charge is 0.388 e. The third-order valence-electron chi connectivity index (χ3n) is 5.05. The molecule has 3 aliphatic heterocycles. The maximum absolute atomic E-state index is 12.2. The van der Waals surface area contributed by atoms with Crippen molar-refractivity contribution in [3.63, 3.8) is 0 Å². The molecule has 3 aliphatic rings. The van der Waals surface area contributed by atoms with Crippen LogP contribution in [-0.2, 0) is 14.3 Å². The third-order valence-corrected chi connectivity index (χ3v) is 5.05. The molecule has 4 atom stereocenters. The summed E-state index contributed by atoms with van der Waals surface area (Å²) >= 11 is 0. The van der Waals surface area contributed by atoms with Crippen LogP contribution in [0, 0.1) is 0 Å². The van der Waals surface area contributed by atoms with Gasteiger partial charge in [0.15, 0.2) is 0 Å². The summed E-state index contributed by atoms with van der Waals surface area (Å²) in [6.45, 7) is 3.63. The molecule has 3 N–H and O–H groups in total. The van der Waals surface area contributed by atoms with Crippen molar-refractivity contribution in [2.45, 2.75) is 43.7 Å². The Bertz CT molecular complexity index is 478. The number of ether oxygens (including phenoxy) is 2. The quantitative estimate of drug-likeness (QED) is 0.566. The first-order valence-corrected chi connectivity index (χ1v) is 8.96. The van der Waals surface area contributed by atoms with E-state index in [1.165, 1.54) is 0 Å². The van der Waals surface area contributed by atoms with E-state index in [1.807, 2.05) is 0 Å². The van der Waals surface area contributed by atoms with Crippen LogP contribution >= 0.6 is 0 Å². The first kappa shape index (κ1) is 18.4. The highest BCUT2D eigenvalue weighted by atomic mass is 16.5. The fourth-order valence-corrected chi connectivity index (χ4v) is 3.50. The molecule has 0 aromatic rings. The zero-order valence-electron chi connectivity index (χ0n) is 14.3. The van der Waals surface area contributed by atoms with E-state index < -0.39 is 24.4 Å². The average molecular weight is 357 g/mol. The minimum absolute atomic E-state index is 0.0478. The molecule has 3 heterocycles. The molecular formula is C16H27N3O6. The second-order valence-electron chi connectivity index (χ2n) is 6.77. The molecule has 3 saturated heterocycles. The zero-order chi connectivity index (χ0) is 17.8. The summed E-state index contributed by atoms with van der Waals surface area (Å²) < 4.78 is 10.8.